The lowest BCUT2D eigenvalue weighted by Crippen LogP contribution is -2.41. The van der Waals surface area contributed by atoms with Gasteiger partial charge >= 0.3 is 0 Å². The van der Waals surface area contributed by atoms with Gasteiger partial charge in [-0.1, -0.05) is 6.92 Å². The van der Waals surface area contributed by atoms with Gasteiger partial charge in [0.25, 0.3) is 5.91 Å². The molecule has 0 spiro atoms. The highest BCUT2D eigenvalue weighted by atomic mass is 16.7. The zero-order valence-electron chi connectivity index (χ0n) is 9.31. The predicted octanol–water partition coefficient (Wildman–Crippen LogP) is -0.0265. The molecule has 2 rings (SSSR count). The normalized spacial score (nSPS) is 42.8. The van der Waals surface area contributed by atoms with Crippen LogP contribution in [0.5, 0.6) is 0 Å². The van der Waals surface area contributed by atoms with Crippen LogP contribution in [0.3, 0.4) is 0 Å². The van der Waals surface area contributed by atoms with Crippen LogP contribution in [0, 0.1) is 39.4 Å². The van der Waals surface area contributed by atoms with Crippen LogP contribution in [-0.4, -0.2) is 26.0 Å². The number of methoxy groups -OCH3 is 2. The van der Waals surface area contributed by atoms with Crippen LogP contribution in [0.25, 0.3) is 0 Å². The summed E-state index contributed by atoms with van der Waals surface area (Å²) in [6.45, 7) is 1.78. The molecule has 1 aliphatic carbocycles. The summed E-state index contributed by atoms with van der Waals surface area (Å²) in [5.74, 6) is -1.60. The first-order valence-corrected chi connectivity index (χ1v) is 4.81. The van der Waals surface area contributed by atoms with Crippen LogP contribution >= 0.6 is 0 Å². The van der Waals surface area contributed by atoms with E-state index in [-0.39, 0.29) is 11.8 Å². The van der Waals surface area contributed by atoms with Crippen molar-refractivity contribution in [3.8, 4) is 12.1 Å². The first-order chi connectivity index (χ1) is 7.53. The molecule has 0 aromatic rings. The number of nitrogens with zero attached hydrogens (tertiary/aromatic N) is 3. The molecule has 2 N–H and O–H groups in total. The Labute approximate surface area is 93.3 Å². The second-order valence-electron chi connectivity index (χ2n) is 4.05. The fourth-order valence-electron chi connectivity index (χ4n) is 2.94. The standard InChI is InChI=1S/C10H12N4O2/c1-6-8(4-11)7(13)14-10(15-2,16-3)9(6,8)5-12/h6H,1-3H3,(H2,13,14)/t6-,8+,9+/m1/s1. The molecule has 6 nitrogen and oxygen atoms in total. The van der Waals surface area contributed by atoms with Crippen molar-refractivity contribution in [3.05, 3.63) is 0 Å². The van der Waals surface area contributed by atoms with E-state index in [1.165, 1.54) is 14.2 Å². The predicted molar refractivity (Wildman–Crippen MR) is 53.6 cm³/mol. The van der Waals surface area contributed by atoms with Crippen LogP contribution in [0.15, 0.2) is 4.99 Å². The monoisotopic (exact) mass is 220 g/mol. The SMILES string of the molecule is COC1(OC)N=C(N)[C@]2(C#N)[C@@H](C)[C@]12C#N. The Bertz CT molecular complexity index is 456. The molecule has 1 aliphatic heterocycles. The largest absolute Gasteiger partial charge is 0.386 e. The molecular weight excluding hydrogens is 208 g/mol. The molecule has 2 aliphatic rings. The molecule has 3 atom stereocenters. The van der Waals surface area contributed by atoms with Gasteiger partial charge in [0.15, 0.2) is 5.41 Å². The van der Waals surface area contributed by atoms with Crippen molar-refractivity contribution in [2.45, 2.75) is 12.8 Å². The Hall–Kier alpha value is -1.63. The number of nitrogens with two attached hydrogens (primary N) is 1. The van der Waals surface area contributed by atoms with Gasteiger partial charge in [-0.2, -0.15) is 10.5 Å². The van der Waals surface area contributed by atoms with E-state index >= 15 is 0 Å². The summed E-state index contributed by atoms with van der Waals surface area (Å²) in [6.07, 6.45) is 0. The van der Waals surface area contributed by atoms with E-state index in [0.717, 1.165) is 0 Å². The van der Waals surface area contributed by atoms with Crippen molar-refractivity contribution in [2.75, 3.05) is 14.2 Å². The number of nitriles is 2. The average molecular weight is 220 g/mol. The quantitative estimate of drug-likeness (QED) is 0.658. The Kier molecular flexibility index (Phi) is 1.86. The highest BCUT2D eigenvalue weighted by Crippen LogP contribution is 2.77. The molecule has 1 fully saturated rings. The lowest BCUT2D eigenvalue weighted by Gasteiger charge is -2.28. The lowest BCUT2D eigenvalue weighted by molar-refractivity contribution is -0.232. The third kappa shape index (κ3) is 0.656. The summed E-state index contributed by atoms with van der Waals surface area (Å²) in [5, 5.41) is 18.6. The van der Waals surface area contributed by atoms with E-state index in [0.29, 0.717) is 0 Å². The van der Waals surface area contributed by atoms with Gasteiger partial charge in [0.1, 0.15) is 11.3 Å². The second-order valence-corrected chi connectivity index (χ2v) is 4.05. The zero-order chi connectivity index (χ0) is 12.2. The van der Waals surface area contributed by atoms with Gasteiger partial charge in [0.05, 0.1) is 12.1 Å². The summed E-state index contributed by atoms with van der Waals surface area (Å²) < 4.78 is 10.4. The minimum atomic E-state index is -1.46. The van der Waals surface area contributed by atoms with Crippen molar-refractivity contribution in [1.82, 2.24) is 0 Å². The topological polar surface area (TPSA) is 104 Å². The number of aliphatic imine (C=N–C) groups is 1. The lowest BCUT2D eigenvalue weighted by atomic mass is 9.94. The molecule has 0 saturated heterocycles. The van der Waals surface area contributed by atoms with Crippen molar-refractivity contribution in [2.24, 2.45) is 27.5 Å². The third-order valence-electron chi connectivity index (χ3n) is 3.91. The Morgan fingerprint density at radius 1 is 1.31 bits per heavy atom. The van der Waals surface area contributed by atoms with Gasteiger partial charge in [-0.25, -0.2) is 4.99 Å². The molecule has 0 amide bonds. The fraction of sp³-hybridized carbons (Fsp3) is 0.700. The molecule has 16 heavy (non-hydrogen) atoms. The summed E-state index contributed by atoms with van der Waals surface area (Å²) >= 11 is 0. The number of rotatable bonds is 2. The first-order valence-electron chi connectivity index (χ1n) is 4.81. The minimum absolute atomic E-state index is 0.118. The molecular formula is C10H12N4O2. The van der Waals surface area contributed by atoms with Gasteiger partial charge in [-0.3, -0.25) is 0 Å². The van der Waals surface area contributed by atoms with Crippen molar-refractivity contribution in [3.63, 3.8) is 0 Å². The smallest absolute Gasteiger partial charge is 0.292 e. The van der Waals surface area contributed by atoms with E-state index < -0.39 is 16.7 Å². The molecule has 1 saturated carbocycles. The molecule has 84 valence electrons. The highest BCUT2D eigenvalue weighted by Gasteiger charge is 2.91. The summed E-state index contributed by atoms with van der Waals surface area (Å²) in [7, 11) is 2.77. The molecule has 0 unspecified atom stereocenters. The van der Waals surface area contributed by atoms with Crippen molar-refractivity contribution >= 4 is 5.84 Å². The molecule has 0 radical (unpaired) electrons. The van der Waals surface area contributed by atoms with Gasteiger partial charge in [-0.15, -0.1) is 0 Å². The second kappa shape index (κ2) is 2.73. The Morgan fingerprint density at radius 2 is 1.88 bits per heavy atom. The number of fused-ring (bicyclic) bond motifs is 1. The van der Waals surface area contributed by atoms with Gasteiger partial charge in [0.2, 0.25) is 0 Å². The van der Waals surface area contributed by atoms with Crippen LogP contribution < -0.4 is 5.73 Å². The average Bonchev–Trinajstić information content (AvgIpc) is 2.77. The zero-order valence-corrected chi connectivity index (χ0v) is 9.31. The van der Waals surface area contributed by atoms with Crippen LogP contribution in [0.2, 0.25) is 0 Å². The third-order valence-corrected chi connectivity index (χ3v) is 3.91. The van der Waals surface area contributed by atoms with Crippen LogP contribution in [0.1, 0.15) is 6.92 Å². The number of hydrogen-bond acceptors (Lipinski definition) is 6. The highest BCUT2D eigenvalue weighted by molar-refractivity contribution is 5.98. The fourth-order valence-corrected chi connectivity index (χ4v) is 2.94. The molecule has 6 heteroatoms. The molecule has 0 aromatic heterocycles. The van der Waals surface area contributed by atoms with Gasteiger partial charge in [0, 0.05) is 20.1 Å². The maximum Gasteiger partial charge on any atom is 0.292 e. The van der Waals surface area contributed by atoms with E-state index in [1.54, 1.807) is 6.92 Å². The van der Waals surface area contributed by atoms with E-state index in [2.05, 4.69) is 17.1 Å². The van der Waals surface area contributed by atoms with Crippen molar-refractivity contribution in [1.29, 1.82) is 10.5 Å². The summed E-state index contributed by atoms with van der Waals surface area (Å²) in [5.41, 5.74) is 3.55. The first kappa shape index (κ1) is 10.9. The van der Waals surface area contributed by atoms with Crippen molar-refractivity contribution < 1.29 is 9.47 Å². The Balaban J connectivity index is 2.67. The summed E-state index contributed by atoms with van der Waals surface area (Å²) in [4.78, 5) is 4.03. The number of amidine groups is 1. The Morgan fingerprint density at radius 3 is 2.19 bits per heavy atom. The van der Waals surface area contributed by atoms with Crippen LogP contribution in [0.4, 0.5) is 0 Å². The van der Waals surface area contributed by atoms with E-state index in [1.807, 2.05) is 0 Å². The maximum absolute atomic E-state index is 9.36. The molecule has 0 bridgehead atoms. The van der Waals surface area contributed by atoms with Crippen LogP contribution in [-0.2, 0) is 9.47 Å². The van der Waals surface area contributed by atoms with Gasteiger partial charge < -0.3 is 15.2 Å². The van der Waals surface area contributed by atoms with Gasteiger partial charge in [-0.05, 0) is 0 Å². The van der Waals surface area contributed by atoms with E-state index in [9.17, 15) is 10.5 Å². The number of ether oxygens (including phenoxy) is 2. The number of hydrogen-bond donors (Lipinski definition) is 1. The molecule has 1 heterocycles. The molecule has 0 aromatic carbocycles. The van der Waals surface area contributed by atoms with E-state index in [4.69, 9.17) is 15.2 Å². The maximum atomic E-state index is 9.36. The minimum Gasteiger partial charge on any atom is -0.386 e. The summed E-state index contributed by atoms with van der Waals surface area (Å²) in [6, 6.07) is 4.20.